The van der Waals surface area contributed by atoms with Crippen molar-refractivity contribution >= 4 is 22.1 Å². The van der Waals surface area contributed by atoms with Gasteiger partial charge in [-0.05, 0) is 37.1 Å². The Kier molecular flexibility index (Phi) is 6.87. The lowest BCUT2D eigenvalue weighted by Gasteiger charge is -2.12. The maximum Gasteiger partial charge on any atom is 0.269 e. The van der Waals surface area contributed by atoms with E-state index >= 15 is 0 Å². The van der Waals surface area contributed by atoms with Gasteiger partial charge in [0.1, 0.15) is 17.5 Å². The predicted octanol–water partition coefficient (Wildman–Crippen LogP) is 4.85. The number of nitrogens with zero attached hydrogens (tertiary/aromatic N) is 4. The van der Waals surface area contributed by atoms with E-state index in [9.17, 15) is 18.0 Å². The van der Waals surface area contributed by atoms with Crippen molar-refractivity contribution in [3.8, 4) is 0 Å². The molecule has 0 bridgehead atoms. The van der Waals surface area contributed by atoms with Crippen LogP contribution in [0.3, 0.4) is 0 Å². The monoisotopic (exact) mass is 416 g/mol. The Balaban J connectivity index is 0.00000124. The fourth-order valence-corrected chi connectivity index (χ4v) is 3.33. The van der Waals surface area contributed by atoms with Gasteiger partial charge in [0.2, 0.25) is 0 Å². The van der Waals surface area contributed by atoms with E-state index in [-0.39, 0.29) is 12.1 Å². The Morgan fingerprint density at radius 1 is 0.900 bits per heavy atom. The summed E-state index contributed by atoms with van der Waals surface area (Å²) in [6, 6.07) is 8.31. The fraction of sp³-hybridized carbons (Fsp3) is 0.318. The second-order valence-corrected chi connectivity index (χ2v) is 6.52. The van der Waals surface area contributed by atoms with Crippen LogP contribution in [0.4, 0.5) is 13.2 Å². The molecule has 0 atom stereocenters. The van der Waals surface area contributed by atoms with Gasteiger partial charge < -0.3 is 4.57 Å². The number of benzene rings is 2. The molecule has 5 nitrogen and oxygen atoms in total. The second kappa shape index (κ2) is 9.56. The average molecular weight is 416 g/mol. The Morgan fingerprint density at radius 2 is 1.53 bits per heavy atom. The summed E-state index contributed by atoms with van der Waals surface area (Å²) in [6.45, 7) is 4.18. The second-order valence-electron chi connectivity index (χ2n) is 6.52. The van der Waals surface area contributed by atoms with Gasteiger partial charge in [0, 0.05) is 18.7 Å². The molecular formula is C22H23F3N4O. The van der Waals surface area contributed by atoms with E-state index in [0.717, 1.165) is 6.20 Å². The van der Waals surface area contributed by atoms with E-state index in [4.69, 9.17) is 0 Å². The zero-order valence-corrected chi connectivity index (χ0v) is 16.9. The molecule has 0 N–H and O–H groups in total. The summed E-state index contributed by atoms with van der Waals surface area (Å²) < 4.78 is 43.0. The lowest BCUT2D eigenvalue weighted by molar-refractivity contribution is 0.446. The van der Waals surface area contributed by atoms with E-state index in [2.05, 4.69) is 9.97 Å². The minimum atomic E-state index is -0.445. The van der Waals surface area contributed by atoms with E-state index in [1.54, 1.807) is 6.07 Å². The first-order valence-corrected chi connectivity index (χ1v) is 9.92. The third-order valence-corrected chi connectivity index (χ3v) is 4.66. The van der Waals surface area contributed by atoms with Crippen molar-refractivity contribution in [1.82, 2.24) is 19.1 Å². The summed E-state index contributed by atoms with van der Waals surface area (Å²) in [6.07, 6.45) is 2.12. The predicted molar refractivity (Wildman–Crippen MR) is 111 cm³/mol. The third kappa shape index (κ3) is 4.37. The van der Waals surface area contributed by atoms with E-state index in [0.29, 0.717) is 47.3 Å². The SMILES string of the molecule is CC.O=c1cnc2cc(F)ccc2n1Cc1nc2cc(F)ccc2n1CCCCF. The van der Waals surface area contributed by atoms with Gasteiger partial charge in [-0.3, -0.25) is 13.8 Å². The van der Waals surface area contributed by atoms with Gasteiger partial charge in [0.25, 0.3) is 5.56 Å². The Labute approximate surface area is 171 Å². The summed E-state index contributed by atoms with van der Waals surface area (Å²) >= 11 is 0. The Hall–Kier alpha value is -3.16. The molecule has 158 valence electrons. The van der Waals surface area contributed by atoms with Crippen LogP contribution in [0, 0.1) is 11.6 Å². The standard InChI is InChI=1S/C20H17F3N4O.C2H6/c21-7-1-2-8-26-18-6-4-14(23)10-16(18)25-19(26)12-27-17-5-3-13(22)9-15(17)24-11-20(27)28;1-2/h3-6,9-11H,1-2,7-8,12H2;1-2H3. The number of aryl methyl sites for hydroxylation is 1. The summed E-state index contributed by atoms with van der Waals surface area (Å²) in [4.78, 5) is 20.9. The maximum atomic E-state index is 13.6. The highest BCUT2D eigenvalue weighted by molar-refractivity contribution is 5.77. The van der Waals surface area contributed by atoms with Crippen LogP contribution in [0.25, 0.3) is 22.1 Å². The number of unbranched alkanes of at least 4 members (excludes halogenated alkanes) is 1. The van der Waals surface area contributed by atoms with Gasteiger partial charge in [-0.15, -0.1) is 0 Å². The molecule has 0 aliphatic carbocycles. The van der Waals surface area contributed by atoms with Crippen molar-refractivity contribution < 1.29 is 13.2 Å². The van der Waals surface area contributed by atoms with E-state index in [1.807, 2.05) is 18.4 Å². The number of imidazole rings is 1. The molecule has 4 aromatic rings. The number of aromatic nitrogens is 4. The molecule has 0 radical (unpaired) electrons. The number of fused-ring (bicyclic) bond motifs is 2. The molecule has 0 saturated carbocycles. The number of rotatable bonds is 6. The molecule has 0 unspecified atom stereocenters. The van der Waals surface area contributed by atoms with Crippen molar-refractivity contribution in [3.63, 3.8) is 0 Å². The zero-order chi connectivity index (χ0) is 21.7. The van der Waals surface area contributed by atoms with Crippen molar-refractivity contribution in [2.75, 3.05) is 6.67 Å². The lowest BCUT2D eigenvalue weighted by atomic mass is 10.2. The van der Waals surface area contributed by atoms with Crippen LogP contribution in [0.5, 0.6) is 0 Å². The molecule has 2 aromatic carbocycles. The highest BCUT2D eigenvalue weighted by Gasteiger charge is 2.14. The van der Waals surface area contributed by atoms with Crippen molar-refractivity contribution in [2.24, 2.45) is 0 Å². The molecule has 8 heteroatoms. The fourth-order valence-electron chi connectivity index (χ4n) is 3.33. The van der Waals surface area contributed by atoms with Crippen molar-refractivity contribution in [1.29, 1.82) is 0 Å². The van der Waals surface area contributed by atoms with Crippen molar-refractivity contribution in [3.05, 3.63) is 70.4 Å². The van der Waals surface area contributed by atoms with Crippen molar-refractivity contribution in [2.45, 2.75) is 39.8 Å². The lowest BCUT2D eigenvalue weighted by Crippen LogP contribution is -2.23. The topological polar surface area (TPSA) is 52.7 Å². The van der Waals surface area contributed by atoms with E-state index in [1.165, 1.54) is 34.9 Å². The first-order valence-electron chi connectivity index (χ1n) is 9.92. The minimum absolute atomic E-state index is 0.107. The number of alkyl halides is 1. The van der Waals surface area contributed by atoms with Crippen LogP contribution < -0.4 is 5.56 Å². The first kappa shape index (κ1) is 21.5. The average Bonchev–Trinajstić information content (AvgIpc) is 3.08. The van der Waals surface area contributed by atoms with Crippen LogP contribution in [-0.4, -0.2) is 25.8 Å². The van der Waals surface area contributed by atoms with Gasteiger partial charge in [-0.1, -0.05) is 13.8 Å². The molecule has 0 amide bonds. The van der Waals surface area contributed by atoms with E-state index < -0.39 is 18.3 Å². The molecule has 0 spiro atoms. The van der Waals surface area contributed by atoms with Gasteiger partial charge in [-0.25, -0.2) is 18.7 Å². The smallest absolute Gasteiger partial charge is 0.269 e. The first-order chi connectivity index (χ1) is 14.6. The summed E-state index contributed by atoms with van der Waals surface area (Å²) in [5, 5.41) is 0. The summed E-state index contributed by atoms with van der Waals surface area (Å²) in [5.74, 6) is -0.313. The Bertz CT molecular complexity index is 1220. The summed E-state index contributed by atoms with van der Waals surface area (Å²) in [5.41, 5.74) is 1.65. The van der Waals surface area contributed by atoms with Crippen LogP contribution in [0.1, 0.15) is 32.5 Å². The van der Waals surface area contributed by atoms with Crippen LogP contribution in [-0.2, 0) is 13.1 Å². The normalized spacial score (nSPS) is 11.0. The number of hydrogen-bond acceptors (Lipinski definition) is 3. The zero-order valence-electron chi connectivity index (χ0n) is 16.9. The summed E-state index contributed by atoms with van der Waals surface area (Å²) in [7, 11) is 0. The van der Waals surface area contributed by atoms with Crippen LogP contribution >= 0.6 is 0 Å². The molecular weight excluding hydrogens is 393 g/mol. The number of hydrogen-bond donors (Lipinski definition) is 0. The van der Waals surface area contributed by atoms with Crippen LogP contribution in [0.2, 0.25) is 0 Å². The van der Waals surface area contributed by atoms with Crippen LogP contribution in [0.15, 0.2) is 47.4 Å². The van der Waals surface area contributed by atoms with Gasteiger partial charge in [0.05, 0.1) is 41.5 Å². The molecule has 0 fully saturated rings. The molecule has 0 aliphatic heterocycles. The highest BCUT2D eigenvalue weighted by Crippen LogP contribution is 2.20. The Morgan fingerprint density at radius 3 is 2.20 bits per heavy atom. The van der Waals surface area contributed by atoms with Gasteiger partial charge in [0.15, 0.2) is 0 Å². The quantitative estimate of drug-likeness (QED) is 0.422. The minimum Gasteiger partial charge on any atom is -0.326 e. The molecule has 2 heterocycles. The highest BCUT2D eigenvalue weighted by atomic mass is 19.1. The van der Waals surface area contributed by atoms with Gasteiger partial charge in [-0.2, -0.15) is 0 Å². The molecule has 0 aliphatic rings. The largest absolute Gasteiger partial charge is 0.326 e. The molecule has 2 aromatic heterocycles. The molecule has 0 saturated heterocycles. The molecule has 30 heavy (non-hydrogen) atoms. The van der Waals surface area contributed by atoms with Gasteiger partial charge >= 0.3 is 0 Å². The number of halogens is 3. The molecule has 4 rings (SSSR count). The third-order valence-electron chi connectivity index (χ3n) is 4.66. The maximum absolute atomic E-state index is 13.6.